The quantitative estimate of drug-likeness (QED) is 0.834. The number of nitrogens with one attached hydrogen (secondary N) is 1. The van der Waals surface area contributed by atoms with E-state index in [1.165, 1.54) is 12.3 Å². The molecular formula is C12H12BrN3O3S2. The van der Waals surface area contributed by atoms with Gasteiger partial charge in [0.15, 0.2) is 0 Å². The zero-order chi connectivity index (χ0) is 15.6. The van der Waals surface area contributed by atoms with Gasteiger partial charge in [-0.2, -0.15) is 0 Å². The molecule has 2 rings (SSSR count). The highest BCUT2D eigenvalue weighted by Gasteiger charge is 2.17. The molecule has 0 radical (unpaired) electrons. The Labute approximate surface area is 134 Å². The summed E-state index contributed by atoms with van der Waals surface area (Å²) in [5.41, 5.74) is 0.285. The number of sulfonamides is 1. The van der Waals surface area contributed by atoms with Gasteiger partial charge in [-0.1, -0.05) is 0 Å². The predicted octanol–water partition coefficient (Wildman–Crippen LogP) is 2.04. The Balaban J connectivity index is 2.11. The highest BCUT2D eigenvalue weighted by Crippen LogP contribution is 2.25. The molecule has 6 nitrogen and oxygen atoms in total. The fourth-order valence-electron chi connectivity index (χ4n) is 1.57. The number of primary sulfonamides is 1. The Bertz CT molecular complexity index is 756. The molecule has 1 amide bonds. The van der Waals surface area contributed by atoms with E-state index in [9.17, 15) is 13.2 Å². The van der Waals surface area contributed by atoms with Crippen LogP contribution in [0.3, 0.4) is 0 Å². The van der Waals surface area contributed by atoms with E-state index in [0.717, 1.165) is 15.8 Å². The zero-order valence-electron chi connectivity index (χ0n) is 10.9. The number of carbonyl (C=O) groups excluding carboxylic acids is 1. The minimum absolute atomic E-state index is 0.0698. The standard InChI is InChI=1S/C12H12BrN3O3S2/c1-7(10-4-5-11(20-10)21(14,18)19)16-12(17)9-3-2-8(13)6-15-9/h2-7H,1H3,(H,16,17)(H2,14,18,19). The molecule has 1 unspecified atom stereocenters. The third-order valence-corrected chi connectivity index (χ3v) is 5.79. The summed E-state index contributed by atoms with van der Waals surface area (Å²) >= 11 is 4.27. The van der Waals surface area contributed by atoms with Crippen molar-refractivity contribution < 1.29 is 13.2 Å². The Hall–Kier alpha value is -1.29. The van der Waals surface area contributed by atoms with Crippen LogP contribution in [0.1, 0.15) is 28.3 Å². The first-order valence-electron chi connectivity index (χ1n) is 5.82. The van der Waals surface area contributed by atoms with Gasteiger partial charge >= 0.3 is 0 Å². The number of aromatic nitrogens is 1. The predicted molar refractivity (Wildman–Crippen MR) is 83.5 cm³/mol. The number of rotatable bonds is 4. The van der Waals surface area contributed by atoms with Crippen LogP contribution in [-0.2, 0) is 10.0 Å². The van der Waals surface area contributed by atoms with E-state index < -0.39 is 10.0 Å². The number of carbonyl (C=O) groups is 1. The molecule has 1 atom stereocenters. The summed E-state index contributed by atoms with van der Waals surface area (Å²) in [5, 5.41) is 7.81. The fourth-order valence-corrected chi connectivity index (χ4v) is 3.56. The van der Waals surface area contributed by atoms with Gasteiger partial charge in [0.25, 0.3) is 5.91 Å². The van der Waals surface area contributed by atoms with Gasteiger partial charge in [-0.3, -0.25) is 4.79 Å². The zero-order valence-corrected chi connectivity index (χ0v) is 14.1. The number of nitrogens with zero attached hydrogens (tertiary/aromatic N) is 1. The summed E-state index contributed by atoms with van der Waals surface area (Å²) < 4.78 is 23.3. The Morgan fingerprint density at radius 2 is 2.10 bits per heavy atom. The van der Waals surface area contributed by atoms with Crippen LogP contribution in [0.2, 0.25) is 0 Å². The Morgan fingerprint density at radius 3 is 2.62 bits per heavy atom. The van der Waals surface area contributed by atoms with Crippen molar-refractivity contribution in [2.24, 2.45) is 5.14 Å². The summed E-state index contributed by atoms with van der Waals surface area (Å²) in [5.74, 6) is -0.333. The fraction of sp³-hybridized carbons (Fsp3) is 0.167. The lowest BCUT2D eigenvalue weighted by atomic mass is 10.2. The number of amides is 1. The van der Waals surface area contributed by atoms with Crippen LogP contribution in [0.15, 0.2) is 39.1 Å². The average molecular weight is 390 g/mol. The molecule has 0 aliphatic heterocycles. The Morgan fingerprint density at radius 1 is 1.38 bits per heavy atom. The molecule has 0 spiro atoms. The lowest BCUT2D eigenvalue weighted by molar-refractivity contribution is 0.0935. The van der Waals surface area contributed by atoms with Gasteiger partial charge in [0, 0.05) is 15.5 Å². The lowest BCUT2D eigenvalue weighted by Gasteiger charge is -2.11. The second-order valence-corrected chi connectivity index (χ2v) is 8.08. The number of nitrogens with two attached hydrogens (primary N) is 1. The summed E-state index contributed by atoms with van der Waals surface area (Å²) in [6, 6.07) is 6.02. The minimum Gasteiger partial charge on any atom is -0.343 e. The van der Waals surface area contributed by atoms with Crippen LogP contribution in [-0.4, -0.2) is 19.3 Å². The number of halogens is 1. The van der Waals surface area contributed by atoms with E-state index in [1.807, 2.05) is 0 Å². The highest BCUT2D eigenvalue weighted by atomic mass is 79.9. The third-order valence-electron chi connectivity index (χ3n) is 2.62. The van der Waals surface area contributed by atoms with E-state index in [0.29, 0.717) is 4.88 Å². The molecule has 3 N–H and O–H groups in total. The second-order valence-electron chi connectivity index (χ2n) is 4.26. The van der Waals surface area contributed by atoms with Crippen LogP contribution in [0, 0.1) is 0 Å². The first-order valence-corrected chi connectivity index (χ1v) is 8.98. The van der Waals surface area contributed by atoms with Gasteiger partial charge < -0.3 is 5.32 Å². The first-order chi connectivity index (χ1) is 9.77. The lowest BCUT2D eigenvalue weighted by Crippen LogP contribution is -2.26. The summed E-state index contributed by atoms with van der Waals surface area (Å²) in [6.45, 7) is 1.76. The molecule has 0 fully saturated rings. The summed E-state index contributed by atoms with van der Waals surface area (Å²) in [4.78, 5) is 16.7. The molecule has 112 valence electrons. The van der Waals surface area contributed by atoms with Crippen LogP contribution in [0.25, 0.3) is 0 Å². The molecule has 0 aromatic carbocycles. The number of hydrogen-bond donors (Lipinski definition) is 2. The molecule has 0 saturated carbocycles. The normalized spacial score (nSPS) is 12.9. The topological polar surface area (TPSA) is 102 Å². The number of pyridine rings is 1. The molecule has 0 aliphatic carbocycles. The maximum atomic E-state index is 12.0. The molecule has 2 aromatic rings. The van der Waals surface area contributed by atoms with Crippen molar-refractivity contribution in [1.29, 1.82) is 0 Å². The van der Waals surface area contributed by atoms with E-state index in [4.69, 9.17) is 5.14 Å². The van der Waals surface area contributed by atoms with Gasteiger partial charge in [-0.15, -0.1) is 11.3 Å². The SMILES string of the molecule is CC(NC(=O)c1ccc(Br)cn1)c1ccc(S(N)(=O)=O)s1. The van der Waals surface area contributed by atoms with Crippen molar-refractivity contribution in [3.8, 4) is 0 Å². The highest BCUT2D eigenvalue weighted by molar-refractivity contribution is 9.10. The smallest absolute Gasteiger partial charge is 0.270 e. The molecule has 2 aromatic heterocycles. The maximum absolute atomic E-state index is 12.0. The number of thiophene rings is 1. The molecular weight excluding hydrogens is 378 g/mol. The molecule has 0 bridgehead atoms. The average Bonchev–Trinajstić information content (AvgIpc) is 2.88. The van der Waals surface area contributed by atoms with E-state index >= 15 is 0 Å². The van der Waals surface area contributed by atoms with Crippen LogP contribution < -0.4 is 10.5 Å². The Kier molecular flexibility index (Phi) is 4.77. The van der Waals surface area contributed by atoms with Crippen molar-refractivity contribution in [1.82, 2.24) is 10.3 Å². The molecule has 2 heterocycles. The molecule has 0 saturated heterocycles. The van der Waals surface area contributed by atoms with Crippen LogP contribution in [0.5, 0.6) is 0 Å². The van der Waals surface area contributed by atoms with Crippen molar-refractivity contribution in [3.63, 3.8) is 0 Å². The van der Waals surface area contributed by atoms with Crippen molar-refractivity contribution in [2.75, 3.05) is 0 Å². The van der Waals surface area contributed by atoms with Crippen LogP contribution >= 0.6 is 27.3 Å². The van der Waals surface area contributed by atoms with E-state index in [1.54, 1.807) is 25.1 Å². The van der Waals surface area contributed by atoms with Crippen molar-refractivity contribution in [2.45, 2.75) is 17.2 Å². The minimum atomic E-state index is -3.71. The third kappa shape index (κ3) is 4.10. The van der Waals surface area contributed by atoms with E-state index in [-0.39, 0.29) is 21.9 Å². The van der Waals surface area contributed by atoms with Crippen molar-refractivity contribution in [3.05, 3.63) is 45.5 Å². The molecule has 0 aliphatic rings. The summed E-state index contributed by atoms with van der Waals surface area (Å²) in [6.07, 6.45) is 1.53. The first kappa shape index (κ1) is 16.1. The molecule has 9 heteroatoms. The van der Waals surface area contributed by atoms with Gasteiger partial charge in [0.2, 0.25) is 10.0 Å². The second kappa shape index (κ2) is 6.22. The van der Waals surface area contributed by atoms with Crippen LogP contribution in [0.4, 0.5) is 0 Å². The van der Waals surface area contributed by atoms with Crippen molar-refractivity contribution >= 4 is 43.2 Å². The largest absolute Gasteiger partial charge is 0.343 e. The van der Waals surface area contributed by atoms with Gasteiger partial charge in [-0.05, 0) is 47.1 Å². The van der Waals surface area contributed by atoms with Gasteiger partial charge in [-0.25, -0.2) is 18.5 Å². The number of hydrogen-bond acceptors (Lipinski definition) is 5. The van der Waals surface area contributed by atoms with Gasteiger partial charge in [0.05, 0.1) is 6.04 Å². The monoisotopic (exact) mass is 389 g/mol. The van der Waals surface area contributed by atoms with E-state index in [2.05, 4.69) is 26.2 Å². The van der Waals surface area contributed by atoms with Gasteiger partial charge in [0.1, 0.15) is 9.90 Å². The summed E-state index contributed by atoms with van der Waals surface area (Å²) in [7, 11) is -3.71. The molecule has 21 heavy (non-hydrogen) atoms. The maximum Gasteiger partial charge on any atom is 0.270 e.